The Morgan fingerprint density at radius 1 is 0.767 bits per heavy atom. The van der Waals surface area contributed by atoms with Crippen molar-refractivity contribution < 1.29 is 8.42 Å². The van der Waals surface area contributed by atoms with Gasteiger partial charge in [-0.15, -0.1) is 0 Å². The van der Waals surface area contributed by atoms with Crippen LogP contribution in [0.2, 0.25) is 0 Å². The molecule has 0 atom stereocenters. The minimum atomic E-state index is -3.71. The Morgan fingerprint density at radius 3 is 1.60 bits per heavy atom. The van der Waals surface area contributed by atoms with Gasteiger partial charge in [-0.25, -0.2) is 18.4 Å². The summed E-state index contributed by atoms with van der Waals surface area (Å²) in [6.45, 7) is 14.4. The van der Waals surface area contributed by atoms with Crippen LogP contribution < -0.4 is 4.90 Å². The van der Waals surface area contributed by atoms with Crippen LogP contribution in [0.5, 0.6) is 0 Å². The monoisotopic (exact) mass is 421 g/mol. The number of hydrogen-bond donors (Lipinski definition) is 0. The molecule has 0 unspecified atom stereocenters. The van der Waals surface area contributed by atoms with Gasteiger partial charge in [0.25, 0.3) is 0 Å². The number of sulfone groups is 1. The van der Waals surface area contributed by atoms with Crippen LogP contribution in [-0.2, 0) is 15.3 Å². The number of anilines is 3. The van der Waals surface area contributed by atoms with E-state index in [0.717, 1.165) is 27.9 Å². The van der Waals surface area contributed by atoms with Gasteiger partial charge in [-0.05, 0) is 73.1 Å². The molecule has 0 amide bonds. The first-order chi connectivity index (χ1) is 13.9. The fraction of sp³-hybridized carbons (Fsp3) is 0.333. The molecule has 3 aromatic rings. The molecule has 0 N–H and O–H groups in total. The summed E-state index contributed by atoms with van der Waals surface area (Å²) in [6.07, 6.45) is 3.41. The third-order valence-electron chi connectivity index (χ3n) is 5.52. The van der Waals surface area contributed by atoms with Crippen LogP contribution in [0.25, 0.3) is 0 Å². The number of nitrogens with zero attached hydrogens (tertiary/aromatic N) is 3. The van der Waals surface area contributed by atoms with Crippen molar-refractivity contribution in [2.45, 2.75) is 63.7 Å². The van der Waals surface area contributed by atoms with Crippen LogP contribution in [0.3, 0.4) is 0 Å². The Hall–Kier alpha value is -2.73. The second-order valence-electron chi connectivity index (χ2n) is 9.22. The van der Waals surface area contributed by atoms with Gasteiger partial charge in [0, 0.05) is 12.4 Å². The van der Waals surface area contributed by atoms with Crippen molar-refractivity contribution >= 4 is 27.2 Å². The number of hydrogen-bond acceptors (Lipinski definition) is 5. The molecule has 5 nitrogen and oxygen atoms in total. The molecule has 1 aliphatic heterocycles. The third kappa shape index (κ3) is 3.10. The molecule has 6 heteroatoms. The summed E-state index contributed by atoms with van der Waals surface area (Å²) in [5, 5.41) is 0. The number of aryl methyl sites for hydroxylation is 4. The van der Waals surface area contributed by atoms with E-state index < -0.39 is 9.84 Å². The van der Waals surface area contributed by atoms with Gasteiger partial charge in [0.05, 0.1) is 5.69 Å². The zero-order chi connectivity index (χ0) is 22.0. The maximum absolute atomic E-state index is 13.4. The molecule has 0 saturated carbocycles. The molecule has 0 fully saturated rings. The SMILES string of the molecule is Cc1cnc2c(c1)S(=O)(=O)c1cc(C)cnc1N2c1c(C)cc(C(C)(C)C)cc1C. The van der Waals surface area contributed by atoms with Gasteiger partial charge in [-0.2, -0.15) is 0 Å². The molecule has 4 rings (SSSR count). The number of rotatable bonds is 1. The van der Waals surface area contributed by atoms with E-state index in [1.54, 1.807) is 24.5 Å². The average Bonchev–Trinajstić information content (AvgIpc) is 2.63. The molecule has 0 radical (unpaired) electrons. The summed E-state index contributed by atoms with van der Waals surface area (Å²) in [5.41, 5.74) is 5.89. The van der Waals surface area contributed by atoms with Gasteiger partial charge < -0.3 is 0 Å². The van der Waals surface area contributed by atoms with Crippen LogP contribution in [0.4, 0.5) is 17.3 Å². The summed E-state index contributed by atoms with van der Waals surface area (Å²) >= 11 is 0. The number of pyridine rings is 2. The zero-order valence-electron chi connectivity index (χ0n) is 18.5. The van der Waals surface area contributed by atoms with Crippen molar-refractivity contribution in [1.82, 2.24) is 9.97 Å². The van der Waals surface area contributed by atoms with Gasteiger partial charge in [-0.3, -0.25) is 4.90 Å². The second-order valence-corrected chi connectivity index (χ2v) is 11.1. The smallest absolute Gasteiger partial charge is 0.213 e. The highest BCUT2D eigenvalue weighted by molar-refractivity contribution is 7.92. The van der Waals surface area contributed by atoms with E-state index in [2.05, 4.69) is 56.7 Å². The van der Waals surface area contributed by atoms with E-state index in [9.17, 15) is 8.42 Å². The topological polar surface area (TPSA) is 63.2 Å². The molecule has 0 aliphatic carbocycles. The molecule has 2 aromatic heterocycles. The molecule has 0 saturated heterocycles. The van der Waals surface area contributed by atoms with E-state index in [1.165, 1.54) is 5.56 Å². The fourth-order valence-electron chi connectivity index (χ4n) is 3.97. The first kappa shape index (κ1) is 20.5. The lowest BCUT2D eigenvalue weighted by Gasteiger charge is -2.34. The summed E-state index contributed by atoms with van der Waals surface area (Å²) < 4.78 is 26.9. The molecule has 30 heavy (non-hydrogen) atoms. The number of benzene rings is 1. The highest BCUT2D eigenvalue weighted by Crippen LogP contribution is 2.48. The molecule has 3 heterocycles. The maximum Gasteiger partial charge on any atom is 0.213 e. The summed E-state index contributed by atoms with van der Waals surface area (Å²) in [4.78, 5) is 11.5. The van der Waals surface area contributed by atoms with Gasteiger partial charge in [-0.1, -0.05) is 32.9 Å². The van der Waals surface area contributed by atoms with Crippen LogP contribution in [0.1, 0.15) is 48.6 Å². The third-order valence-corrected chi connectivity index (χ3v) is 7.28. The highest BCUT2D eigenvalue weighted by Gasteiger charge is 2.38. The molecular weight excluding hydrogens is 394 g/mol. The Kier molecular flexibility index (Phi) is 4.54. The van der Waals surface area contributed by atoms with Crippen molar-refractivity contribution in [3.63, 3.8) is 0 Å². The zero-order valence-corrected chi connectivity index (χ0v) is 19.3. The fourth-order valence-corrected chi connectivity index (χ4v) is 5.66. The Labute approximate surface area is 178 Å². The lowest BCUT2D eigenvalue weighted by Crippen LogP contribution is -2.26. The van der Waals surface area contributed by atoms with E-state index in [1.807, 2.05) is 18.7 Å². The Morgan fingerprint density at radius 2 is 1.20 bits per heavy atom. The van der Waals surface area contributed by atoms with Gasteiger partial charge >= 0.3 is 0 Å². The largest absolute Gasteiger partial charge is 0.276 e. The highest BCUT2D eigenvalue weighted by atomic mass is 32.2. The summed E-state index contributed by atoms with van der Waals surface area (Å²) in [5.74, 6) is 0.804. The summed E-state index contributed by atoms with van der Waals surface area (Å²) in [6, 6.07) is 7.74. The van der Waals surface area contributed by atoms with Crippen LogP contribution in [-0.4, -0.2) is 18.4 Å². The molecular formula is C24H27N3O2S. The van der Waals surface area contributed by atoms with Crippen molar-refractivity contribution in [2.24, 2.45) is 0 Å². The van der Waals surface area contributed by atoms with Gasteiger partial charge in [0.1, 0.15) is 9.79 Å². The first-order valence-electron chi connectivity index (χ1n) is 10.0. The second kappa shape index (κ2) is 6.64. The van der Waals surface area contributed by atoms with Crippen molar-refractivity contribution in [3.8, 4) is 0 Å². The standard InChI is InChI=1S/C24H27N3O2S/c1-14-8-19-22(25-12-14)27(23-20(30(19,28)29)9-15(2)13-26-23)21-16(3)10-18(11-17(21)4)24(5,6)7/h8-13H,1-7H3. The van der Waals surface area contributed by atoms with Crippen LogP contribution in [0, 0.1) is 27.7 Å². The molecule has 156 valence electrons. The quantitative estimate of drug-likeness (QED) is 0.399. The lowest BCUT2D eigenvalue weighted by atomic mass is 9.84. The minimum absolute atomic E-state index is 0.0137. The van der Waals surface area contributed by atoms with Crippen LogP contribution in [0.15, 0.2) is 46.5 Å². The van der Waals surface area contributed by atoms with E-state index in [0.29, 0.717) is 11.6 Å². The van der Waals surface area contributed by atoms with E-state index in [4.69, 9.17) is 0 Å². The Balaban J connectivity index is 2.08. The lowest BCUT2D eigenvalue weighted by molar-refractivity contribution is 0.589. The Bertz CT molecular complexity index is 1210. The normalized spacial score (nSPS) is 15.0. The summed E-state index contributed by atoms with van der Waals surface area (Å²) in [7, 11) is -3.71. The maximum atomic E-state index is 13.4. The average molecular weight is 422 g/mol. The minimum Gasteiger partial charge on any atom is -0.276 e. The van der Waals surface area contributed by atoms with Gasteiger partial charge in [0.15, 0.2) is 11.6 Å². The molecule has 0 spiro atoms. The predicted octanol–water partition coefficient (Wildman–Crippen LogP) is 5.62. The molecule has 1 aliphatic rings. The molecule has 0 bridgehead atoms. The van der Waals surface area contributed by atoms with Crippen molar-refractivity contribution in [3.05, 3.63) is 64.5 Å². The number of fused-ring (bicyclic) bond motifs is 2. The van der Waals surface area contributed by atoms with Crippen molar-refractivity contribution in [1.29, 1.82) is 0 Å². The molecule has 1 aromatic carbocycles. The van der Waals surface area contributed by atoms with Crippen molar-refractivity contribution in [2.75, 3.05) is 4.90 Å². The first-order valence-corrected chi connectivity index (χ1v) is 11.5. The van der Waals surface area contributed by atoms with E-state index in [-0.39, 0.29) is 15.2 Å². The number of aromatic nitrogens is 2. The van der Waals surface area contributed by atoms with E-state index >= 15 is 0 Å². The van der Waals surface area contributed by atoms with Crippen LogP contribution >= 0.6 is 0 Å². The van der Waals surface area contributed by atoms with Gasteiger partial charge in [0.2, 0.25) is 9.84 Å². The predicted molar refractivity (Wildman–Crippen MR) is 120 cm³/mol.